The second kappa shape index (κ2) is 11.1. The van der Waals surface area contributed by atoms with Gasteiger partial charge in [-0.3, -0.25) is 19.3 Å². The van der Waals surface area contributed by atoms with E-state index in [2.05, 4.69) is 5.32 Å². The Morgan fingerprint density at radius 1 is 1.14 bits per heavy atom. The summed E-state index contributed by atoms with van der Waals surface area (Å²) in [6.45, 7) is -0.313. The van der Waals surface area contributed by atoms with Gasteiger partial charge in [-0.2, -0.15) is 0 Å². The van der Waals surface area contributed by atoms with E-state index < -0.39 is 12.0 Å². The number of ether oxygens (including phenoxy) is 1. The fraction of sp³-hybridized carbons (Fsp3) is 0.400. The van der Waals surface area contributed by atoms with Crippen molar-refractivity contribution in [2.24, 2.45) is 0 Å². The van der Waals surface area contributed by atoms with Crippen LogP contribution in [0.1, 0.15) is 35.2 Å². The summed E-state index contributed by atoms with van der Waals surface area (Å²) in [6.07, 6.45) is 1.62. The standard InChI is InChI=1S/C25H28ClN3O6/c26-19-12-17(35-11-10-30)8-9-18(19)25(34)29-15-24(33)28(13-16-4-1-2-6-21(16)29)14-23(32)27-20-5-3-7-22(20)31/h1-2,4,6,8-9,12,20,22,30-31H,3,5,7,10-11,13-15H2,(H,27,32). The van der Waals surface area contributed by atoms with Crippen molar-refractivity contribution in [2.45, 2.75) is 38.0 Å². The zero-order chi connectivity index (χ0) is 24.9. The number of carbonyl (C=O) groups excluding carboxylic acids is 3. The van der Waals surface area contributed by atoms with E-state index in [1.807, 2.05) is 12.1 Å². The number of fused-ring (bicyclic) bond motifs is 1. The quantitative estimate of drug-likeness (QED) is 0.531. The van der Waals surface area contributed by atoms with Crippen molar-refractivity contribution in [1.82, 2.24) is 10.2 Å². The molecule has 10 heteroatoms. The second-order valence-electron chi connectivity index (χ2n) is 8.66. The van der Waals surface area contributed by atoms with Gasteiger partial charge in [0.25, 0.3) is 5.91 Å². The van der Waals surface area contributed by atoms with E-state index in [1.165, 1.54) is 21.9 Å². The third-order valence-corrected chi connectivity index (χ3v) is 6.54. The van der Waals surface area contributed by atoms with Crippen LogP contribution in [0.15, 0.2) is 42.5 Å². The van der Waals surface area contributed by atoms with E-state index in [0.29, 0.717) is 24.3 Å². The zero-order valence-corrected chi connectivity index (χ0v) is 19.9. The molecule has 3 N–H and O–H groups in total. The summed E-state index contributed by atoms with van der Waals surface area (Å²) in [5.41, 5.74) is 1.49. The molecular formula is C25H28ClN3O6. The van der Waals surface area contributed by atoms with Gasteiger partial charge in [-0.15, -0.1) is 0 Å². The molecule has 0 spiro atoms. The Morgan fingerprint density at radius 2 is 1.94 bits per heavy atom. The Labute approximate surface area is 208 Å². The molecule has 0 saturated heterocycles. The molecule has 2 unspecified atom stereocenters. The summed E-state index contributed by atoms with van der Waals surface area (Å²) < 4.78 is 5.34. The minimum atomic E-state index is -0.571. The van der Waals surface area contributed by atoms with Gasteiger partial charge < -0.3 is 25.2 Å². The number of halogens is 1. The number of carbonyl (C=O) groups is 3. The molecule has 2 aromatic rings. The average Bonchev–Trinajstić information content (AvgIpc) is 3.18. The Balaban J connectivity index is 1.53. The summed E-state index contributed by atoms with van der Waals surface area (Å²) >= 11 is 6.36. The van der Waals surface area contributed by atoms with Gasteiger partial charge in [0.1, 0.15) is 18.9 Å². The van der Waals surface area contributed by atoms with Gasteiger partial charge in [0.15, 0.2) is 0 Å². The van der Waals surface area contributed by atoms with Crippen molar-refractivity contribution in [1.29, 1.82) is 0 Å². The SMILES string of the molecule is O=C(CN1Cc2ccccc2N(C(=O)c2ccc(OCCO)cc2Cl)CC1=O)NC1CCCC1O. The molecule has 4 rings (SSSR count). The van der Waals surface area contributed by atoms with Crippen LogP contribution in [0.4, 0.5) is 5.69 Å². The molecule has 1 heterocycles. The van der Waals surface area contributed by atoms with E-state index in [9.17, 15) is 19.5 Å². The minimum absolute atomic E-state index is 0.0980. The first-order valence-electron chi connectivity index (χ1n) is 11.6. The number of rotatable bonds is 7. The molecule has 186 valence electrons. The predicted octanol–water partition coefficient (Wildman–Crippen LogP) is 1.73. The van der Waals surface area contributed by atoms with Gasteiger partial charge in [0.05, 0.1) is 35.9 Å². The molecule has 3 amide bonds. The van der Waals surface area contributed by atoms with Crippen LogP contribution < -0.4 is 15.0 Å². The van der Waals surface area contributed by atoms with Gasteiger partial charge in [-0.1, -0.05) is 29.8 Å². The molecule has 35 heavy (non-hydrogen) atoms. The third-order valence-electron chi connectivity index (χ3n) is 6.23. The lowest BCUT2D eigenvalue weighted by molar-refractivity contribution is -0.135. The number of hydrogen-bond acceptors (Lipinski definition) is 6. The Morgan fingerprint density at radius 3 is 2.66 bits per heavy atom. The predicted molar refractivity (Wildman–Crippen MR) is 129 cm³/mol. The highest BCUT2D eigenvalue weighted by Crippen LogP contribution is 2.30. The number of aliphatic hydroxyl groups is 2. The van der Waals surface area contributed by atoms with Crippen molar-refractivity contribution in [2.75, 3.05) is 31.2 Å². The molecular weight excluding hydrogens is 474 g/mol. The van der Waals surface area contributed by atoms with Crippen molar-refractivity contribution >= 4 is 35.0 Å². The van der Waals surface area contributed by atoms with Crippen molar-refractivity contribution in [3.63, 3.8) is 0 Å². The summed E-state index contributed by atoms with van der Waals surface area (Å²) in [5, 5.41) is 21.9. The van der Waals surface area contributed by atoms with Crippen LogP contribution >= 0.6 is 11.6 Å². The first-order valence-corrected chi connectivity index (χ1v) is 11.9. The van der Waals surface area contributed by atoms with Crippen LogP contribution in [0.5, 0.6) is 5.75 Å². The lowest BCUT2D eigenvalue weighted by Gasteiger charge is -2.24. The summed E-state index contributed by atoms with van der Waals surface area (Å²) in [6, 6.07) is 11.4. The number of amides is 3. The number of hydrogen-bond donors (Lipinski definition) is 3. The minimum Gasteiger partial charge on any atom is -0.491 e. The van der Waals surface area contributed by atoms with Crippen LogP contribution in [-0.4, -0.2) is 71.3 Å². The van der Waals surface area contributed by atoms with E-state index in [1.54, 1.807) is 18.2 Å². The highest BCUT2D eigenvalue weighted by molar-refractivity contribution is 6.34. The summed E-state index contributed by atoms with van der Waals surface area (Å²) in [4.78, 5) is 42.0. The van der Waals surface area contributed by atoms with E-state index >= 15 is 0 Å². The smallest absolute Gasteiger partial charge is 0.260 e. The van der Waals surface area contributed by atoms with Crippen LogP contribution in [0.3, 0.4) is 0 Å². The topological polar surface area (TPSA) is 119 Å². The first kappa shape index (κ1) is 25.0. The Hall–Kier alpha value is -3.14. The number of nitrogens with zero attached hydrogens (tertiary/aromatic N) is 2. The van der Waals surface area contributed by atoms with Gasteiger partial charge in [-0.05, 0) is 49.1 Å². The number of anilines is 1. The van der Waals surface area contributed by atoms with Crippen molar-refractivity contribution in [3.8, 4) is 5.75 Å². The van der Waals surface area contributed by atoms with Crippen molar-refractivity contribution < 1.29 is 29.3 Å². The number of nitrogens with one attached hydrogen (secondary N) is 1. The monoisotopic (exact) mass is 501 g/mol. The molecule has 1 fully saturated rings. The highest BCUT2D eigenvalue weighted by Gasteiger charge is 2.32. The lowest BCUT2D eigenvalue weighted by Crippen LogP contribution is -2.47. The molecule has 1 aliphatic carbocycles. The van der Waals surface area contributed by atoms with Crippen molar-refractivity contribution in [3.05, 3.63) is 58.6 Å². The van der Waals surface area contributed by atoms with Crippen LogP contribution in [0.2, 0.25) is 5.02 Å². The number of benzene rings is 2. The number of para-hydroxylation sites is 1. The second-order valence-corrected chi connectivity index (χ2v) is 9.06. The lowest BCUT2D eigenvalue weighted by atomic mass is 10.1. The molecule has 0 aromatic heterocycles. The average molecular weight is 502 g/mol. The van der Waals surface area contributed by atoms with Gasteiger partial charge in [0.2, 0.25) is 11.8 Å². The fourth-order valence-electron chi connectivity index (χ4n) is 4.45. The van der Waals surface area contributed by atoms with Crippen LogP contribution in [0.25, 0.3) is 0 Å². The van der Waals surface area contributed by atoms with Gasteiger partial charge in [-0.25, -0.2) is 0 Å². The Bertz CT molecular complexity index is 1110. The molecule has 0 radical (unpaired) electrons. The molecule has 9 nitrogen and oxygen atoms in total. The highest BCUT2D eigenvalue weighted by atomic mass is 35.5. The maximum Gasteiger partial charge on any atom is 0.260 e. The van der Waals surface area contributed by atoms with E-state index in [-0.39, 0.29) is 61.3 Å². The molecule has 1 aliphatic heterocycles. The van der Waals surface area contributed by atoms with E-state index in [0.717, 1.165) is 12.0 Å². The normalized spacial score (nSPS) is 19.8. The van der Waals surface area contributed by atoms with Crippen LogP contribution in [-0.2, 0) is 16.1 Å². The molecule has 2 aromatic carbocycles. The van der Waals surface area contributed by atoms with Gasteiger partial charge >= 0.3 is 0 Å². The Kier molecular flexibility index (Phi) is 7.90. The third kappa shape index (κ3) is 5.75. The molecule has 2 atom stereocenters. The molecule has 2 aliphatic rings. The molecule has 1 saturated carbocycles. The van der Waals surface area contributed by atoms with Gasteiger partial charge in [0, 0.05) is 12.2 Å². The number of aliphatic hydroxyl groups excluding tert-OH is 2. The first-order chi connectivity index (χ1) is 16.9. The summed E-state index contributed by atoms with van der Waals surface area (Å²) in [5.74, 6) is -0.763. The maximum absolute atomic E-state index is 13.5. The zero-order valence-electron chi connectivity index (χ0n) is 19.2. The molecule has 0 bridgehead atoms. The summed E-state index contributed by atoms with van der Waals surface area (Å²) in [7, 11) is 0. The van der Waals surface area contributed by atoms with E-state index in [4.69, 9.17) is 21.4 Å². The fourth-order valence-corrected chi connectivity index (χ4v) is 4.70. The van der Waals surface area contributed by atoms with Crippen LogP contribution in [0, 0.1) is 0 Å². The maximum atomic E-state index is 13.5. The largest absolute Gasteiger partial charge is 0.491 e.